The molecule has 0 N–H and O–H groups in total. The summed E-state index contributed by atoms with van der Waals surface area (Å²) in [6.07, 6.45) is 12.0. The fourth-order valence-corrected chi connectivity index (χ4v) is 6.35. The Balaban J connectivity index is 0.000000351. The second-order valence-electron chi connectivity index (χ2n) is 13.5. The number of hydrogen-bond acceptors (Lipinski definition) is 0. The first-order valence-electron chi connectivity index (χ1n) is 18.2. The first kappa shape index (κ1) is 47.9. The molecule has 8 rings (SSSR count). The molecular formula is C51H50Cl2F2Zr-4. The summed E-state index contributed by atoms with van der Waals surface area (Å²) < 4.78 is 27.5. The number of benzene rings is 6. The molecule has 2 aliphatic rings. The van der Waals surface area contributed by atoms with Crippen LogP contribution < -0.4 is 0 Å². The zero-order valence-electron chi connectivity index (χ0n) is 32.4. The fourth-order valence-electron chi connectivity index (χ4n) is 6.35. The van der Waals surface area contributed by atoms with Crippen molar-refractivity contribution in [3.05, 3.63) is 228 Å². The van der Waals surface area contributed by atoms with Crippen LogP contribution in [0.25, 0.3) is 22.3 Å². The molecule has 290 valence electrons. The van der Waals surface area contributed by atoms with Crippen molar-refractivity contribution in [1.29, 1.82) is 0 Å². The molecule has 0 nitrogen and oxygen atoms in total. The van der Waals surface area contributed by atoms with E-state index in [1.807, 2.05) is 12.2 Å². The summed E-state index contributed by atoms with van der Waals surface area (Å²) in [6.45, 7) is 14.1. The monoisotopic (exact) mass is 860 g/mol. The predicted octanol–water partition coefficient (Wildman–Crippen LogP) is 14.1. The summed E-state index contributed by atoms with van der Waals surface area (Å²) in [5.74, 6) is 0.693. The number of hydrogen-bond donors (Lipinski definition) is 0. The van der Waals surface area contributed by atoms with E-state index in [-0.39, 0.29) is 36.4 Å². The van der Waals surface area contributed by atoms with Crippen molar-refractivity contribution >= 4 is 29.0 Å². The van der Waals surface area contributed by atoms with Crippen LogP contribution in [0, 0.1) is 50.5 Å². The predicted molar refractivity (Wildman–Crippen MR) is 236 cm³/mol. The van der Waals surface area contributed by atoms with Gasteiger partial charge in [-0.15, -0.1) is 42.4 Å². The van der Waals surface area contributed by atoms with E-state index < -0.39 is 0 Å². The van der Waals surface area contributed by atoms with E-state index in [1.165, 1.54) is 98.6 Å². The summed E-state index contributed by atoms with van der Waals surface area (Å²) >= 11 is 1.30. The molecule has 0 saturated heterocycles. The molecule has 6 aromatic carbocycles. The number of halogens is 4. The van der Waals surface area contributed by atoms with Crippen LogP contribution in [0.1, 0.15) is 65.1 Å². The standard InChI is InChI=1S/C31H29.2C7H6F.C5H5.CH2.2ClH.Zr/c1-21(2)29(24-10-6-4-7-11-24)18-23-14-15-28-26(17-23)19-27-20-30(22(3)16-31(27)28)25-12-8-5-9-13-25;2*1-6-2-4-7(8)5-3-6;1-2-4-5-3-1;;;;/h4-16,20-21,29H,18-19H2,1-3H3;2*2-5H,1H2;1-3H,4H2;1H2;2*1H;/q4*-1;;;;. The molecule has 0 amide bonds. The van der Waals surface area contributed by atoms with Crippen molar-refractivity contribution in [3.63, 3.8) is 0 Å². The average Bonchev–Trinajstić information content (AvgIpc) is 3.90. The van der Waals surface area contributed by atoms with Gasteiger partial charge in [-0.1, -0.05) is 116 Å². The van der Waals surface area contributed by atoms with Gasteiger partial charge in [0.15, 0.2) is 0 Å². The Morgan fingerprint density at radius 2 is 1.25 bits per heavy atom. The molecule has 0 radical (unpaired) electrons. The van der Waals surface area contributed by atoms with Crippen molar-refractivity contribution in [2.45, 2.75) is 46.0 Å². The third-order valence-corrected chi connectivity index (χ3v) is 9.16. The molecule has 0 fully saturated rings. The normalized spacial score (nSPS) is 11.5. The molecule has 0 spiro atoms. The fraction of sp³-hybridized carbons (Fsp3) is 0.157. The van der Waals surface area contributed by atoms with Crippen molar-refractivity contribution in [3.8, 4) is 22.3 Å². The van der Waals surface area contributed by atoms with Gasteiger partial charge in [0.25, 0.3) is 0 Å². The molecule has 0 aliphatic heterocycles. The summed E-state index contributed by atoms with van der Waals surface area (Å²) in [5, 5.41) is 0. The Morgan fingerprint density at radius 3 is 1.71 bits per heavy atom. The Morgan fingerprint density at radius 1 is 0.696 bits per heavy atom. The van der Waals surface area contributed by atoms with Crippen molar-refractivity contribution in [2.75, 3.05) is 0 Å². The molecule has 0 aromatic heterocycles. The van der Waals surface area contributed by atoms with Crippen molar-refractivity contribution < 1.29 is 33.0 Å². The van der Waals surface area contributed by atoms with Gasteiger partial charge in [-0.05, 0) is 59.4 Å². The van der Waals surface area contributed by atoms with E-state index in [9.17, 15) is 8.78 Å². The molecule has 0 bridgehead atoms. The zero-order chi connectivity index (χ0) is 38.9. The van der Waals surface area contributed by atoms with Gasteiger partial charge in [-0.25, -0.2) is 20.9 Å². The van der Waals surface area contributed by atoms with E-state index in [4.69, 9.17) is 0 Å². The summed E-state index contributed by atoms with van der Waals surface area (Å²) in [4.78, 5) is 0. The minimum atomic E-state index is -0.211. The maximum absolute atomic E-state index is 12.1. The molecule has 0 heterocycles. The Labute approximate surface area is 362 Å². The van der Waals surface area contributed by atoms with E-state index in [1.54, 1.807) is 24.3 Å². The van der Waals surface area contributed by atoms with Gasteiger partial charge in [0.1, 0.15) is 0 Å². The van der Waals surface area contributed by atoms with E-state index in [2.05, 4.69) is 142 Å². The van der Waals surface area contributed by atoms with Crippen molar-refractivity contribution in [2.24, 2.45) is 5.92 Å². The topological polar surface area (TPSA) is 0 Å². The first-order valence-corrected chi connectivity index (χ1v) is 19.9. The Kier molecular flexibility index (Phi) is 21.4. The van der Waals surface area contributed by atoms with E-state index >= 15 is 0 Å². The molecule has 6 aromatic rings. The van der Waals surface area contributed by atoms with Crippen LogP contribution in [0.5, 0.6) is 0 Å². The Hall–Kier alpha value is -4.27. The van der Waals surface area contributed by atoms with E-state index in [0.29, 0.717) is 11.8 Å². The molecule has 2 aliphatic carbocycles. The molecule has 0 saturated carbocycles. The van der Waals surface area contributed by atoms with Gasteiger partial charge >= 0.3 is 28.4 Å². The molecular weight excluding hydrogens is 813 g/mol. The average molecular weight is 863 g/mol. The van der Waals surface area contributed by atoms with E-state index in [0.717, 1.165) is 30.4 Å². The number of aryl methyl sites for hydroxylation is 1. The first-order chi connectivity index (χ1) is 26.2. The number of rotatable bonds is 5. The molecule has 1 atom stereocenters. The molecule has 1 unspecified atom stereocenters. The van der Waals surface area contributed by atoms with Gasteiger partial charge in [0.2, 0.25) is 0 Å². The molecule has 56 heavy (non-hydrogen) atoms. The van der Waals surface area contributed by atoms with Crippen LogP contribution in [0.2, 0.25) is 0 Å². The third-order valence-electron chi connectivity index (χ3n) is 9.16. The number of allylic oxidation sites excluding steroid dienone is 4. The summed E-state index contributed by atoms with van der Waals surface area (Å²) in [7, 11) is 0. The number of fused-ring (bicyclic) bond motifs is 3. The third kappa shape index (κ3) is 14.7. The van der Waals surface area contributed by atoms with Gasteiger partial charge in [-0.3, -0.25) is 6.08 Å². The maximum atomic E-state index is 12.1. The van der Waals surface area contributed by atoms with Crippen LogP contribution >= 0.6 is 24.8 Å². The zero-order valence-corrected chi connectivity index (χ0v) is 36.5. The van der Waals surface area contributed by atoms with Crippen LogP contribution in [-0.2, 0) is 37.1 Å². The second kappa shape index (κ2) is 25.1. The van der Waals surface area contributed by atoms with Gasteiger partial charge in [0.05, 0.1) is 11.6 Å². The van der Waals surface area contributed by atoms with Crippen LogP contribution in [0.4, 0.5) is 8.78 Å². The van der Waals surface area contributed by atoms with Crippen LogP contribution in [-0.4, -0.2) is 4.21 Å². The van der Waals surface area contributed by atoms with Gasteiger partial charge in [0, 0.05) is 0 Å². The van der Waals surface area contributed by atoms with Gasteiger partial charge < -0.3 is 0 Å². The second-order valence-corrected chi connectivity index (χ2v) is 13.5. The quantitative estimate of drug-likeness (QED) is 0.151. The summed E-state index contributed by atoms with van der Waals surface area (Å²) in [5.41, 5.74) is 13.9. The molecule has 5 heteroatoms. The summed E-state index contributed by atoms with van der Waals surface area (Å²) in [6, 6.07) is 47.0. The SMILES string of the molecule is Cc1cc2c(cc1-c1ccccc1)Cc1[c-]c(CC(c3ccccc3)C(C)C)ccc1-2.Cl.Cl.[C-]1=CC=CC1.[CH2-]c1ccc(F)cc1.[CH2-]c1ccc(F)cc1.[CH2]=[Zr]. The van der Waals surface area contributed by atoms with Crippen LogP contribution in [0.15, 0.2) is 152 Å². The van der Waals surface area contributed by atoms with Crippen LogP contribution in [0.3, 0.4) is 0 Å². The minimum absolute atomic E-state index is 0. The van der Waals surface area contributed by atoms with Gasteiger partial charge in [-0.2, -0.15) is 79.1 Å². The Bertz CT molecular complexity index is 1990. The van der Waals surface area contributed by atoms with Crippen molar-refractivity contribution in [1.82, 2.24) is 0 Å².